The standard InChI is InChI=1S/C19H18FN3O3S/c20-15-11-21-19(22-12-15)26-16-7-4-10-23(13-16)27(24,25)18-9-3-6-14-5-1-2-8-17(14)18/h1-3,5-6,8-9,11-12,16H,4,7,10,13H2. The van der Waals surface area contributed by atoms with Crippen LogP contribution >= 0.6 is 0 Å². The van der Waals surface area contributed by atoms with Crippen LogP contribution in [0, 0.1) is 5.82 Å². The fourth-order valence-electron chi connectivity index (χ4n) is 3.29. The van der Waals surface area contributed by atoms with Gasteiger partial charge >= 0.3 is 6.01 Å². The van der Waals surface area contributed by atoms with Gasteiger partial charge in [0.1, 0.15) is 6.10 Å². The minimum absolute atomic E-state index is 0.0470. The van der Waals surface area contributed by atoms with E-state index >= 15 is 0 Å². The number of fused-ring (bicyclic) bond motifs is 1. The normalized spacial score (nSPS) is 18.5. The van der Waals surface area contributed by atoms with Crippen LogP contribution in [0.4, 0.5) is 4.39 Å². The third kappa shape index (κ3) is 3.63. The highest BCUT2D eigenvalue weighted by molar-refractivity contribution is 7.89. The van der Waals surface area contributed by atoms with Gasteiger partial charge in [0.25, 0.3) is 0 Å². The molecule has 0 bridgehead atoms. The molecular formula is C19H18FN3O3S. The Morgan fingerprint density at radius 2 is 1.81 bits per heavy atom. The van der Waals surface area contributed by atoms with Crippen molar-refractivity contribution in [3.63, 3.8) is 0 Å². The van der Waals surface area contributed by atoms with Crippen LogP contribution in [0.25, 0.3) is 10.8 Å². The minimum Gasteiger partial charge on any atom is -0.459 e. The van der Waals surface area contributed by atoms with Gasteiger partial charge in [-0.25, -0.2) is 22.8 Å². The largest absolute Gasteiger partial charge is 0.459 e. The first kappa shape index (κ1) is 17.8. The van der Waals surface area contributed by atoms with Crippen molar-refractivity contribution in [1.29, 1.82) is 0 Å². The molecule has 1 aromatic heterocycles. The molecule has 1 unspecified atom stereocenters. The number of ether oxygens (including phenoxy) is 1. The first-order valence-electron chi connectivity index (χ1n) is 8.66. The van der Waals surface area contributed by atoms with Gasteiger partial charge in [-0.2, -0.15) is 4.31 Å². The molecule has 8 heteroatoms. The number of benzene rings is 2. The van der Waals surface area contributed by atoms with Crippen LogP contribution in [0.1, 0.15) is 12.8 Å². The van der Waals surface area contributed by atoms with Crippen molar-refractivity contribution in [3.05, 3.63) is 60.7 Å². The Hall–Kier alpha value is -2.58. The third-order valence-electron chi connectivity index (χ3n) is 4.58. The second-order valence-corrected chi connectivity index (χ2v) is 8.31. The summed E-state index contributed by atoms with van der Waals surface area (Å²) in [5.74, 6) is -0.550. The lowest BCUT2D eigenvalue weighted by atomic mass is 10.1. The van der Waals surface area contributed by atoms with Gasteiger partial charge in [-0.1, -0.05) is 36.4 Å². The fraction of sp³-hybridized carbons (Fsp3) is 0.263. The quantitative estimate of drug-likeness (QED) is 0.688. The number of hydrogen-bond acceptors (Lipinski definition) is 5. The molecule has 1 aliphatic rings. The maximum atomic E-state index is 13.2. The van der Waals surface area contributed by atoms with E-state index in [1.807, 2.05) is 30.3 Å². The molecule has 0 amide bonds. The summed E-state index contributed by atoms with van der Waals surface area (Å²) in [7, 11) is -3.67. The molecule has 1 saturated heterocycles. The van der Waals surface area contributed by atoms with Crippen LogP contribution in [-0.2, 0) is 10.0 Å². The lowest BCUT2D eigenvalue weighted by molar-refractivity contribution is 0.119. The first-order valence-corrected chi connectivity index (χ1v) is 10.1. The van der Waals surface area contributed by atoms with Crippen molar-refractivity contribution >= 4 is 20.8 Å². The second kappa shape index (κ2) is 7.21. The maximum Gasteiger partial charge on any atom is 0.316 e. The van der Waals surface area contributed by atoms with E-state index in [0.717, 1.165) is 17.8 Å². The van der Waals surface area contributed by atoms with Crippen LogP contribution in [0.5, 0.6) is 6.01 Å². The average molecular weight is 387 g/mol. The summed E-state index contributed by atoms with van der Waals surface area (Å²) in [5, 5.41) is 1.58. The zero-order valence-electron chi connectivity index (χ0n) is 14.5. The number of aromatic nitrogens is 2. The molecule has 1 fully saturated rings. The molecule has 3 aromatic rings. The maximum absolute atomic E-state index is 13.2. The van der Waals surface area contributed by atoms with Gasteiger partial charge in [0.05, 0.1) is 23.8 Å². The highest BCUT2D eigenvalue weighted by Gasteiger charge is 2.32. The van der Waals surface area contributed by atoms with E-state index in [9.17, 15) is 12.8 Å². The molecule has 0 saturated carbocycles. The molecule has 2 aromatic carbocycles. The Labute approximate surface area is 156 Å². The van der Waals surface area contributed by atoms with Crippen LogP contribution in [0.2, 0.25) is 0 Å². The molecular weight excluding hydrogens is 369 g/mol. The minimum atomic E-state index is -3.67. The Balaban J connectivity index is 1.59. The van der Waals surface area contributed by atoms with E-state index in [1.54, 1.807) is 12.1 Å². The SMILES string of the molecule is O=S(=O)(c1cccc2ccccc12)N1CCCC(Oc2ncc(F)cn2)C1. The fourth-order valence-corrected chi connectivity index (χ4v) is 5.01. The molecule has 6 nitrogen and oxygen atoms in total. The highest BCUT2D eigenvalue weighted by Crippen LogP contribution is 2.28. The van der Waals surface area contributed by atoms with E-state index in [-0.39, 0.29) is 18.7 Å². The zero-order chi connectivity index (χ0) is 18.9. The van der Waals surface area contributed by atoms with E-state index in [0.29, 0.717) is 29.7 Å². The molecule has 0 aliphatic carbocycles. The molecule has 27 heavy (non-hydrogen) atoms. The van der Waals surface area contributed by atoms with Crippen molar-refractivity contribution < 1.29 is 17.5 Å². The summed E-state index contributed by atoms with van der Waals surface area (Å²) in [5.41, 5.74) is 0. The molecule has 1 atom stereocenters. The lowest BCUT2D eigenvalue weighted by Crippen LogP contribution is -2.44. The summed E-state index contributed by atoms with van der Waals surface area (Å²) >= 11 is 0. The second-order valence-electron chi connectivity index (χ2n) is 6.41. The summed E-state index contributed by atoms with van der Waals surface area (Å²) < 4.78 is 46.5. The molecule has 2 heterocycles. The van der Waals surface area contributed by atoms with Crippen LogP contribution in [-0.4, -0.2) is 41.9 Å². The Morgan fingerprint density at radius 1 is 1.07 bits per heavy atom. The Bertz CT molecular complexity index is 1050. The summed E-state index contributed by atoms with van der Waals surface area (Å²) in [6.07, 6.45) is 3.01. The van der Waals surface area contributed by atoms with Crippen molar-refractivity contribution in [3.8, 4) is 6.01 Å². The van der Waals surface area contributed by atoms with Gasteiger partial charge in [0, 0.05) is 11.9 Å². The smallest absolute Gasteiger partial charge is 0.316 e. The zero-order valence-corrected chi connectivity index (χ0v) is 15.3. The van der Waals surface area contributed by atoms with Crippen molar-refractivity contribution in [2.45, 2.75) is 23.8 Å². The van der Waals surface area contributed by atoms with Crippen LogP contribution in [0.15, 0.2) is 59.8 Å². The van der Waals surface area contributed by atoms with Gasteiger partial charge in [0.2, 0.25) is 10.0 Å². The Morgan fingerprint density at radius 3 is 2.63 bits per heavy atom. The number of halogens is 1. The van der Waals surface area contributed by atoms with Gasteiger partial charge in [-0.15, -0.1) is 0 Å². The van der Waals surface area contributed by atoms with Crippen LogP contribution < -0.4 is 4.74 Å². The number of sulfonamides is 1. The predicted octanol–water partition coefficient (Wildman–Crippen LogP) is 3.00. The number of hydrogen-bond donors (Lipinski definition) is 0. The topological polar surface area (TPSA) is 72.4 Å². The number of nitrogens with zero attached hydrogens (tertiary/aromatic N) is 3. The van der Waals surface area contributed by atoms with Crippen LogP contribution in [0.3, 0.4) is 0 Å². The number of rotatable bonds is 4. The molecule has 0 spiro atoms. The molecule has 4 rings (SSSR count). The summed E-state index contributed by atoms with van der Waals surface area (Å²) in [4.78, 5) is 7.86. The highest BCUT2D eigenvalue weighted by atomic mass is 32.2. The van der Waals surface area contributed by atoms with Crippen molar-refractivity contribution in [2.24, 2.45) is 0 Å². The third-order valence-corrected chi connectivity index (χ3v) is 6.50. The van der Waals surface area contributed by atoms with Gasteiger partial charge in [0.15, 0.2) is 5.82 Å². The molecule has 0 radical (unpaired) electrons. The Kier molecular flexibility index (Phi) is 4.75. The predicted molar refractivity (Wildman–Crippen MR) is 98.3 cm³/mol. The summed E-state index contributed by atoms with van der Waals surface area (Å²) in [6, 6.07) is 12.7. The van der Waals surface area contributed by atoms with Gasteiger partial charge in [-0.3, -0.25) is 0 Å². The van der Waals surface area contributed by atoms with E-state index in [2.05, 4.69) is 9.97 Å². The number of piperidine rings is 1. The molecule has 140 valence electrons. The molecule has 1 aliphatic heterocycles. The molecule has 0 N–H and O–H groups in total. The van der Waals surface area contributed by atoms with E-state index in [4.69, 9.17) is 4.74 Å². The monoisotopic (exact) mass is 387 g/mol. The van der Waals surface area contributed by atoms with Crippen molar-refractivity contribution in [1.82, 2.24) is 14.3 Å². The van der Waals surface area contributed by atoms with Gasteiger partial charge < -0.3 is 4.74 Å². The van der Waals surface area contributed by atoms with Gasteiger partial charge in [-0.05, 0) is 24.3 Å². The van der Waals surface area contributed by atoms with E-state index < -0.39 is 15.8 Å². The average Bonchev–Trinajstić information content (AvgIpc) is 2.69. The first-order chi connectivity index (χ1) is 13.0. The summed E-state index contributed by atoms with van der Waals surface area (Å²) in [6.45, 7) is 0.627. The lowest BCUT2D eigenvalue weighted by Gasteiger charge is -2.31. The van der Waals surface area contributed by atoms with E-state index in [1.165, 1.54) is 4.31 Å². The van der Waals surface area contributed by atoms with Crippen molar-refractivity contribution in [2.75, 3.05) is 13.1 Å².